The molecule has 0 bridgehead atoms. The van der Waals surface area contributed by atoms with E-state index in [0.29, 0.717) is 12.8 Å². The Morgan fingerprint density at radius 1 is 1.33 bits per heavy atom. The SMILES string of the molecule is O=C(NC1(C(=O)CCl)CCCC1)C(F)F. The zero-order valence-corrected chi connectivity index (χ0v) is 8.82. The van der Waals surface area contributed by atoms with E-state index in [4.69, 9.17) is 11.6 Å². The van der Waals surface area contributed by atoms with Gasteiger partial charge in [-0.2, -0.15) is 8.78 Å². The van der Waals surface area contributed by atoms with Crippen LogP contribution < -0.4 is 5.32 Å². The molecule has 0 spiro atoms. The average molecular weight is 240 g/mol. The fourth-order valence-corrected chi connectivity index (χ4v) is 2.13. The van der Waals surface area contributed by atoms with Crippen LogP contribution in [0.25, 0.3) is 0 Å². The molecule has 3 nitrogen and oxygen atoms in total. The fourth-order valence-electron chi connectivity index (χ4n) is 1.87. The van der Waals surface area contributed by atoms with Crippen LogP contribution in [0.3, 0.4) is 0 Å². The number of halogens is 3. The molecule has 1 saturated carbocycles. The van der Waals surface area contributed by atoms with E-state index in [9.17, 15) is 18.4 Å². The second kappa shape index (κ2) is 4.88. The van der Waals surface area contributed by atoms with Crippen molar-refractivity contribution in [3.05, 3.63) is 0 Å². The van der Waals surface area contributed by atoms with Crippen LogP contribution >= 0.6 is 11.6 Å². The maximum Gasteiger partial charge on any atom is 0.315 e. The molecular formula is C9H12ClF2NO2. The minimum absolute atomic E-state index is 0.260. The molecular weight excluding hydrogens is 228 g/mol. The molecule has 0 heterocycles. The lowest BCUT2D eigenvalue weighted by Gasteiger charge is -2.27. The second-order valence-electron chi connectivity index (χ2n) is 3.64. The van der Waals surface area contributed by atoms with Crippen LogP contribution in [0.15, 0.2) is 0 Å². The fraction of sp³-hybridized carbons (Fsp3) is 0.778. The van der Waals surface area contributed by atoms with Crippen molar-refractivity contribution >= 4 is 23.3 Å². The average Bonchev–Trinajstić information content (AvgIpc) is 2.66. The van der Waals surface area contributed by atoms with Gasteiger partial charge in [0.2, 0.25) is 0 Å². The van der Waals surface area contributed by atoms with Gasteiger partial charge in [0.1, 0.15) is 0 Å². The van der Waals surface area contributed by atoms with Crippen molar-refractivity contribution in [2.24, 2.45) is 0 Å². The summed E-state index contributed by atoms with van der Waals surface area (Å²) in [7, 11) is 0. The number of hydrogen-bond donors (Lipinski definition) is 1. The number of carbonyl (C=O) groups excluding carboxylic acids is 2. The van der Waals surface area contributed by atoms with Gasteiger partial charge in [-0.1, -0.05) is 12.8 Å². The highest BCUT2D eigenvalue weighted by Gasteiger charge is 2.42. The van der Waals surface area contributed by atoms with Gasteiger partial charge in [-0.3, -0.25) is 9.59 Å². The summed E-state index contributed by atoms with van der Waals surface area (Å²) in [4.78, 5) is 22.4. The van der Waals surface area contributed by atoms with Crippen LogP contribution in [0.4, 0.5) is 8.78 Å². The molecule has 86 valence electrons. The van der Waals surface area contributed by atoms with Gasteiger partial charge in [0.15, 0.2) is 5.78 Å². The largest absolute Gasteiger partial charge is 0.339 e. The first-order valence-corrected chi connectivity index (χ1v) is 5.25. The molecule has 0 aromatic carbocycles. The first kappa shape index (κ1) is 12.4. The van der Waals surface area contributed by atoms with Crippen LogP contribution in [-0.4, -0.2) is 29.5 Å². The van der Waals surface area contributed by atoms with Crippen molar-refractivity contribution in [2.45, 2.75) is 37.6 Å². The normalized spacial score (nSPS) is 19.2. The summed E-state index contributed by atoms with van der Waals surface area (Å²) in [6.07, 6.45) is -0.808. The Morgan fingerprint density at radius 2 is 1.87 bits per heavy atom. The smallest absolute Gasteiger partial charge is 0.315 e. The van der Waals surface area contributed by atoms with Gasteiger partial charge in [-0.05, 0) is 12.8 Å². The molecule has 1 amide bonds. The summed E-state index contributed by atoms with van der Waals surface area (Å²) >= 11 is 5.40. The quantitative estimate of drug-likeness (QED) is 0.756. The Kier molecular flexibility index (Phi) is 4.02. The van der Waals surface area contributed by atoms with Crippen molar-refractivity contribution < 1.29 is 18.4 Å². The summed E-state index contributed by atoms with van der Waals surface area (Å²) in [5, 5.41) is 2.12. The molecule has 0 unspecified atom stereocenters. The van der Waals surface area contributed by atoms with Crippen LogP contribution in [0.1, 0.15) is 25.7 Å². The molecule has 1 rings (SSSR count). The third kappa shape index (κ3) is 2.65. The molecule has 1 N–H and O–H groups in total. The highest BCUT2D eigenvalue weighted by Crippen LogP contribution is 2.31. The number of nitrogens with one attached hydrogen (secondary N) is 1. The Bertz CT molecular complexity index is 265. The molecule has 0 aliphatic heterocycles. The Labute approximate surface area is 91.2 Å². The number of rotatable bonds is 4. The van der Waals surface area contributed by atoms with Gasteiger partial charge in [-0.25, -0.2) is 0 Å². The van der Waals surface area contributed by atoms with Crippen LogP contribution in [-0.2, 0) is 9.59 Å². The van der Waals surface area contributed by atoms with E-state index < -0.39 is 17.9 Å². The van der Waals surface area contributed by atoms with E-state index in [1.54, 1.807) is 0 Å². The summed E-state index contributed by atoms with van der Waals surface area (Å²) in [6, 6.07) is 0. The summed E-state index contributed by atoms with van der Waals surface area (Å²) in [5.74, 6) is -2.03. The summed E-state index contributed by atoms with van der Waals surface area (Å²) < 4.78 is 24.1. The van der Waals surface area contributed by atoms with E-state index in [0.717, 1.165) is 12.8 Å². The van der Waals surface area contributed by atoms with E-state index in [-0.39, 0.29) is 11.7 Å². The zero-order valence-electron chi connectivity index (χ0n) is 8.06. The van der Waals surface area contributed by atoms with Crippen molar-refractivity contribution in [1.29, 1.82) is 0 Å². The van der Waals surface area contributed by atoms with Gasteiger partial charge >= 0.3 is 6.43 Å². The standard InChI is InChI=1S/C9H12ClF2NO2/c10-5-6(14)9(3-1-2-4-9)13-8(15)7(11)12/h7H,1-5H2,(H,13,15). The molecule has 15 heavy (non-hydrogen) atoms. The number of Topliss-reactive ketones (excluding diaryl/α,β-unsaturated/α-hetero) is 1. The Hall–Kier alpha value is -0.710. The van der Waals surface area contributed by atoms with Gasteiger partial charge in [-0.15, -0.1) is 11.6 Å². The Morgan fingerprint density at radius 3 is 2.27 bits per heavy atom. The summed E-state index contributed by atoms with van der Waals surface area (Å²) in [5.41, 5.74) is -1.14. The first-order chi connectivity index (χ1) is 7.02. The molecule has 0 atom stereocenters. The number of amides is 1. The van der Waals surface area contributed by atoms with E-state index >= 15 is 0 Å². The topological polar surface area (TPSA) is 46.2 Å². The maximum atomic E-state index is 12.1. The molecule has 1 aliphatic carbocycles. The first-order valence-electron chi connectivity index (χ1n) is 4.71. The lowest BCUT2D eigenvalue weighted by Crippen LogP contribution is -2.54. The molecule has 1 fully saturated rings. The lowest BCUT2D eigenvalue weighted by atomic mass is 9.92. The van der Waals surface area contributed by atoms with Gasteiger partial charge < -0.3 is 5.32 Å². The van der Waals surface area contributed by atoms with Gasteiger partial charge in [0.05, 0.1) is 11.4 Å². The van der Waals surface area contributed by atoms with Crippen molar-refractivity contribution in [1.82, 2.24) is 5.32 Å². The monoisotopic (exact) mass is 239 g/mol. The highest BCUT2D eigenvalue weighted by atomic mass is 35.5. The molecule has 1 aliphatic rings. The predicted molar refractivity (Wildman–Crippen MR) is 51.1 cm³/mol. The third-order valence-electron chi connectivity index (χ3n) is 2.67. The lowest BCUT2D eigenvalue weighted by molar-refractivity contribution is -0.137. The van der Waals surface area contributed by atoms with E-state index in [2.05, 4.69) is 5.32 Å². The van der Waals surface area contributed by atoms with Crippen molar-refractivity contribution in [3.63, 3.8) is 0 Å². The van der Waals surface area contributed by atoms with Crippen LogP contribution in [0.2, 0.25) is 0 Å². The third-order valence-corrected chi connectivity index (χ3v) is 2.92. The summed E-state index contributed by atoms with van der Waals surface area (Å²) in [6.45, 7) is 0. The van der Waals surface area contributed by atoms with Gasteiger partial charge in [0, 0.05) is 0 Å². The Balaban J connectivity index is 2.74. The molecule has 0 saturated heterocycles. The molecule has 0 aromatic heterocycles. The van der Waals surface area contributed by atoms with Crippen LogP contribution in [0.5, 0.6) is 0 Å². The predicted octanol–water partition coefficient (Wildman–Crippen LogP) is 1.49. The number of alkyl halides is 3. The van der Waals surface area contributed by atoms with E-state index in [1.807, 2.05) is 0 Å². The minimum atomic E-state index is -3.09. The van der Waals surface area contributed by atoms with E-state index in [1.165, 1.54) is 0 Å². The molecule has 0 radical (unpaired) electrons. The highest BCUT2D eigenvalue weighted by molar-refractivity contribution is 6.29. The zero-order chi connectivity index (χ0) is 11.5. The van der Waals surface area contributed by atoms with Crippen LogP contribution in [0, 0.1) is 0 Å². The van der Waals surface area contributed by atoms with Gasteiger partial charge in [0.25, 0.3) is 5.91 Å². The van der Waals surface area contributed by atoms with Crippen molar-refractivity contribution in [3.8, 4) is 0 Å². The maximum absolute atomic E-state index is 12.1. The number of hydrogen-bond acceptors (Lipinski definition) is 2. The molecule has 0 aromatic rings. The molecule has 6 heteroatoms. The number of carbonyl (C=O) groups is 2. The minimum Gasteiger partial charge on any atom is -0.339 e. The van der Waals surface area contributed by atoms with Crippen molar-refractivity contribution in [2.75, 3.05) is 5.88 Å². The number of ketones is 1. The second-order valence-corrected chi connectivity index (χ2v) is 3.90.